The molecule has 0 saturated carbocycles. The van der Waals surface area contributed by atoms with Crippen molar-refractivity contribution in [3.63, 3.8) is 0 Å². The molecule has 14 heavy (non-hydrogen) atoms. The largest absolute Gasteiger partial charge is 0.0517 e. The fraction of sp³-hybridized carbons (Fsp3) is 0. The van der Waals surface area contributed by atoms with Crippen molar-refractivity contribution in [2.75, 3.05) is 0 Å². The van der Waals surface area contributed by atoms with Crippen molar-refractivity contribution in [2.24, 2.45) is 0 Å². The van der Waals surface area contributed by atoms with E-state index >= 15 is 0 Å². The molecule has 0 saturated heterocycles. The highest BCUT2D eigenvalue weighted by Crippen LogP contribution is 2.59. The second-order valence-electron chi connectivity index (χ2n) is 2.28. The summed E-state index contributed by atoms with van der Waals surface area (Å²) in [4.78, 5) is 6.90. The molecular weight excluding hydrogens is 358 g/mol. The Morgan fingerprint density at radius 2 is 0.714 bits per heavy atom. The van der Waals surface area contributed by atoms with Crippen LogP contribution < -0.4 is 0 Å². The van der Waals surface area contributed by atoms with Gasteiger partial charge >= 0.3 is 0 Å². The minimum atomic E-state index is 1.57. The Kier molecular flexibility index (Phi) is 4.47. The van der Waals surface area contributed by atoms with Crippen LogP contribution in [0.25, 0.3) is 19.4 Å². The first-order valence-electron chi connectivity index (χ1n) is 3.49. The Morgan fingerprint density at radius 3 is 1.00 bits per heavy atom. The highest BCUT2D eigenvalue weighted by Gasteiger charge is 2.00. The first-order chi connectivity index (χ1) is 6.93. The van der Waals surface area contributed by atoms with Crippen molar-refractivity contribution < 1.29 is 0 Å². The Hall–Kier alpha value is 2.48. The Balaban J connectivity index is 2.52. The van der Waals surface area contributed by atoms with Crippen LogP contribution in [0.5, 0.6) is 0 Å². The van der Waals surface area contributed by atoms with Crippen molar-refractivity contribution in [1.82, 2.24) is 0 Å². The maximum Gasteiger partial charge on any atom is 0.0517 e. The van der Waals surface area contributed by atoms with Crippen LogP contribution in [0.1, 0.15) is 0 Å². The first-order valence-corrected chi connectivity index (χ1v) is 16.7. The molecule has 0 unspecified atom stereocenters. The van der Waals surface area contributed by atoms with Gasteiger partial charge in [0.25, 0.3) is 0 Å². The van der Waals surface area contributed by atoms with Gasteiger partial charge in [-0.2, -0.15) is 0 Å². The SMILES string of the molecule is p1ppc2pc3ppppc3pc2p1. The van der Waals surface area contributed by atoms with E-state index in [2.05, 4.69) is 0 Å². The molecule has 3 rings (SSSR count). The minimum Gasteiger partial charge on any atom is -0.0468 e. The molecule has 0 fully saturated rings. The average molecular weight is 358 g/mol. The summed E-state index contributed by atoms with van der Waals surface area (Å²) in [7, 11) is 15.9. The van der Waals surface area contributed by atoms with Crippen molar-refractivity contribution >= 4 is 97.5 Å². The van der Waals surface area contributed by atoms with E-state index in [0.29, 0.717) is 0 Å². The molecule has 0 radical (unpaired) electrons. The van der Waals surface area contributed by atoms with Gasteiger partial charge < -0.3 is 0 Å². The molecule has 3 aromatic rings. The minimum absolute atomic E-state index is 1.57. The molecule has 0 aromatic carbocycles. The standard InChI is InChI=1S/C4P10/c5-1-2(8-12-11-7-1)6-4-3(5)9-13-14-10-4. The van der Waals surface area contributed by atoms with Crippen LogP contribution in [0.4, 0.5) is 0 Å². The summed E-state index contributed by atoms with van der Waals surface area (Å²) < 4.78 is 0. The van der Waals surface area contributed by atoms with Crippen molar-refractivity contribution in [2.45, 2.75) is 0 Å². The highest BCUT2D eigenvalue weighted by atomic mass is 32.3. The quantitative estimate of drug-likeness (QED) is 0.351. The van der Waals surface area contributed by atoms with Crippen LogP contribution in [-0.2, 0) is 0 Å². The summed E-state index contributed by atoms with van der Waals surface area (Å²) in [5, 5.41) is 0. The molecule has 0 nitrogen and oxygen atoms in total. The summed E-state index contributed by atoms with van der Waals surface area (Å²) in [6.07, 6.45) is 0. The van der Waals surface area contributed by atoms with Gasteiger partial charge in [0.1, 0.15) is 0 Å². The molecule has 10 heteroatoms. The number of hydrogen-bond donors (Lipinski definition) is 0. The van der Waals surface area contributed by atoms with Crippen LogP contribution in [0, 0.1) is 0 Å². The molecule has 3 heterocycles. The molecule has 0 N–H and O–H groups in total. The van der Waals surface area contributed by atoms with Gasteiger partial charge in [0.15, 0.2) is 0 Å². The van der Waals surface area contributed by atoms with Crippen LogP contribution in [0.2, 0.25) is 0 Å². The van der Waals surface area contributed by atoms with Gasteiger partial charge in [-0.1, -0.05) is 0 Å². The van der Waals surface area contributed by atoms with E-state index in [1.165, 1.54) is 0 Å². The molecular formula is C4P10. The molecule has 0 amide bonds. The third-order valence-electron chi connectivity index (χ3n) is 1.46. The molecule has 3 aromatic heterocycles. The predicted octanol–water partition coefficient (Wildman–Crippen LogP) is 9.79. The molecule has 0 atom stereocenters. The lowest BCUT2D eigenvalue weighted by Crippen LogP contribution is -1.45. The van der Waals surface area contributed by atoms with Crippen LogP contribution in [0.15, 0.2) is 0 Å². The van der Waals surface area contributed by atoms with Gasteiger partial charge in [-0.05, 0) is 78.1 Å². The van der Waals surface area contributed by atoms with Crippen molar-refractivity contribution in [3.8, 4) is 0 Å². The van der Waals surface area contributed by atoms with E-state index in [4.69, 9.17) is 0 Å². The maximum absolute atomic E-state index is 1.73. The van der Waals surface area contributed by atoms with Crippen LogP contribution in [-0.4, -0.2) is 0 Å². The topological polar surface area (TPSA) is 0 Å². The molecule has 0 spiro atoms. The van der Waals surface area contributed by atoms with Gasteiger partial charge in [-0.3, -0.25) is 0 Å². The molecule has 0 aliphatic rings. The summed E-state index contributed by atoms with van der Waals surface area (Å²) >= 11 is 0. The Morgan fingerprint density at radius 1 is 0.429 bits per heavy atom. The molecule has 0 aliphatic carbocycles. The van der Waals surface area contributed by atoms with Crippen molar-refractivity contribution in [1.29, 1.82) is 0 Å². The van der Waals surface area contributed by atoms with E-state index in [0.717, 1.165) is 0 Å². The summed E-state index contributed by atoms with van der Waals surface area (Å²) in [5.41, 5.74) is 0. The van der Waals surface area contributed by atoms with E-state index in [1.54, 1.807) is 97.5 Å². The summed E-state index contributed by atoms with van der Waals surface area (Å²) in [5.74, 6) is 0. The fourth-order valence-electron chi connectivity index (χ4n) is 0.918. The van der Waals surface area contributed by atoms with Gasteiger partial charge in [0.2, 0.25) is 0 Å². The monoisotopic (exact) mass is 358 g/mol. The fourth-order valence-corrected chi connectivity index (χ4v) is 26.7. The molecule has 0 aliphatic heterocycles. The predicted molar refractivity (Wildman–Crippen MR) is 86.6 cm³/mol. The third-order valence-corrected chi connectivity index (χ3v) is 24.0. The zero-order valence-corrected chi connectivity index (χ0v) is 15.4. The lowest BCUT2D eigenvalue weighted by Gasteiger charge is -1.96. The molecule has 66 valence electrons. The Bertz CT molecular complexity index is 501. The summed E-state index contributed by atoms with van der Waals surface area (Å²) in [6, 6.07) is 0. The van der Waals surface area contributed by atoms with E-state index in [9.17, 15) is 0 Å². The lowest BCUT2D eigenvalue weighted by molar-refractivity contribution is 3.01. The summed E-state index contributed by atoms with van der Waals surface area (Å²) in [6.45, 7) is 0. The highest BCUT2D eigenvalue weighted by molar-refractivity contribution is 8.34. The van der Waals surface area contributed by atoms with E-state index in [-0.39, 0.29) is 0 Å². The lowest BCUT2D eigenvalue weighted by atomic mass is 11.1. The Labute approximate surface area is 97.1 Å². The second-order valence-corrected chi connectivity index (χ2v) is 20.2. The zero-order valence-electron chi connectivity index (χ0n) is 6.47. The number of rotatable bonds is 0. The van der Waals surface area contributed by atoms with E-state index < -0.39 is 0 Å². The number of hydrogen-bond acceptors (Lipinski definition) is 0. The maximum atomic E-state index is 1.73. The third kappa shape index (κ3) is 2.49. The smallest absolute Gasteiger partial charge is 0.0468 e. The average Bonchev–Trinajstić information content (AvgIpc) is 2.26. The van der Waals surface area contributed by atoms with Crippen LogP contribution in [0.3, 0.4) is 0 Å². The second kappa shape index (κ2) is 5.42. The normalized spacial score (nSPS) is 16.6. The van der Waals surface area contributed by atoms with Crippen LogP contribution >= 0.6 is 78.1 Å². The van der Waals surface area contributed by atoms with Gasteiger partial charge in [0.05, 0.1) is 19.4 Å². The first kappa shape index (κ1) is 11.6. The number of fused-ring (bicyclic) bond motifs is 2. The molecule has 0 bridgehead atoms. The van der Waals surface area contributed by atoms with Gasteiger partial charge in [0, 0.05) is 0 Å². The van der Waals surface area contributed by atoms with E-state index in [1.807, 2.05) is 0 Å². The zero-order chi connectivity index (χ0) is 9.38. The van der Waals surface area contributed by atoms with Crippen molar-refractivity contribution in [3.05, 3.63) is 0 Å². The van der Waals surface area contributed by atoms with Gasteiger partial charge in [-0.25, -0.2) is 0 Å². The van der Waals surface area contributed by atoms with Gasteiger partial charge in [-0.15, -0.1) is 0 Å².